The Kier molecular flexibility index (Phi) is 22.8. The molecule has 1 unspecified atom stereocenters. The summed E-state index contributed by atoms with van der Waals surface area (Å²) in [5, 5.41) is 0. The molecule has 0 amide bonds. The van der Waals surface area contributed by atoms with Crippen molar-refractivity contribution in [1.82, 2.24) is 0 Å². The highest BCUT2D eigenvalue weighted by Gasteiger charge is 2.42. The van der Waals surface area contributed by atoms with E-state index in [1.54, 1.807) is 0 Å². The first-order valence-corrected chi connectivity index (χ1v) is 23.0. The molecule has 1 atom stereocenters. The summed E-state index contributed by atoms with van der Waals surface area (Å²) >= 11 is 0. The number of nitrogens with zero attached hydrogens (tertiary/aromatic N) is 1. The van der Waals surface area contributed by atoms with Gasteiger partial charge in [0.05, 0.1) is 41.9 Å². The highest BCUT2D eigenvalue weighted by atomic mass is 19.4. The van der Waals surface area contributed by atoms with Gasteiger partial charge < -0.3 is 18.4 Å². The van der Waals surface area contributed by atoms with Crippen LogP contribution in [0.3, 0.4) is 0 Å². The van der Waals surface area contributed by atoms with E-state index in [1.807, 2.05) is 0 Å². The minimum absolute atomic E-state index is 0.0202. The minimum Gasteiger partial charge on any atom is -0.490 e. The van der Waals surface area contributed by atoms with Crippen LogP contribution in [-0.2, 0) is 24.7 Å². The van der Waals surface area contributed by atoms with E-state index in [0.29, 0.717) is 16.5 Å². The SMILES string of the molecule is CCCCCCCCCC(c1cc(C(F)(F)F)ccc1OB(Oc1ccc(C(F)(F)F)cc1)Oc1ccc(C(F)(F)F)cc1)[N+](CCCC)(CCCC)CCCC.FC(F)(F)c1cc[c-]cc1. The normalized spacial score (nSPS) is 12.8. The molecule has 17 heteroatoms. The van der Waals surface area contributed by atoms with Gasteiger partial charge in [0.25, 0.3) is 0 Å². The molecule has 0 saturated carbocycles. The molecular formula is C50H62BF12NO3. The molecule has 4 aromatic rings. The Morgan fingerprint density at radius 2 is 0.821 bits per heavy atom. The number of halogens is 12. The zero-order valence-corrected chi connectivity index (χ0v) is 38.5. The lowest BCUT2D eigenvalue weighted by Crippen LogP contribution is -2.53. The van der Waals surface area contributed by atoms with Crippen LogP contribution in [0.25, 0.3) is 0 Å². The fourth-order valence-corrected chi connectivity index (χ4v) is 7.75. The van der Waals surface area contributed by atoms with Gasteiger partial charge in [0.2, 0.25) is 0 Å². The third-order valence-electron chi connectivity index (χ3n) is 11.4. The number of hydrogen-bond acceptors (Lipinski definition) is 3. The summed E-state index contributed by atoms with van der Waals surface area (Å²) in [6.07, 6.45) is -5.27. The van der Waals surface area contributed by atoms with Crippen LogP contribution in [0.15, 0.2) is 91.0 Å². The number of unbranched alkanes of at least 4 members (excludes halogenated alkanes) is 9. The second kappa shape index (κ2) is 26.9. The maximum atomic E-state index is 14.5. The monoisotopic (exact) mass is 963 g/mol. The molecule has 67 heavy (non-hydrogen) atoms. The Balaban J connectivity index is 0.00000105. The lowest BCUT2D eigenvalue weighted by atomic mass is 9.91. The summed E-state index contributed by atoms with van der Waals surface area (Å²) in [6.45, 7) is 10.6. The van der Waals surface area contributed by atoms with Crippen molar-refractivity contribution in [3.8, 4) is 17.2 Å². The maximum absolute atomic E-state index is 14.5. The Bertz CT molecular complexity index is 1890. The van der Waals surface area contributed by atoms with Gasteiger partial charge in [0.15, 0.2) is 0 Å². The summed E-state index contributed by atoms with van der Waals surface area (Å²) < 4.78 is 178. The summed E-state index contributed by atoms with van der Waals surface area (Å²) in [5.74, 6) is -0.245. The highest BCUT2D eigenvalue weighted by molar-refractivity contribution is 6.39. The summed E-state index contributed by atoms with van der Waals surface area (Å²) in [6, 6.07) is 17.1. The van der Waals surface area contributed by atoms with Crippen molar-refractivity contribution in [2.75, 3.05) is 19.6 Å². The quantitative estimate of drug-likeness (QED) is 0.0218. The molecule has 0 bridgehead atoms. The van der Waals surface area contributed by atoms with Gasteiger partial charge in [-0.1, -0.05) is 91.0 Å². The fourth-order valence-electron chi connectivity index (χ4n) is 7.75. The Labute approximate surface area is 387 Å². The van der Waals surface area contributed by atoms with Crippen molar-refractivity contribution in [2.24, 2.45) is 0 Å². The Morgan fingerprint density at radius 1 is 0.448 bits per heavy atom. The molecule has 0 saturated heterocycles. The lowest BCUT2D eigenvalue weighted by Gasteiger charge is -2.46. The average molecular weight is 964 g/mol. The molecule has 0 aliphatic rings. The molecule has 4 aromatic carbocycles. The Morgan fingerprint density at radius 3 is 1.21 bits per heavy atom. The molecule has 372 valence electrons. The van der Waals surface area contributed by atoms with E-state index in [0.717, 1.165) is 176 Å². The molecule has 0 aliphatic heterocycles. The van der Waals surface area contributed by atoms with Gasteiger partial charge >= 0.3 is 32.0 Å². The van der Waals surface area contributed by atoms with Crippen LogP contribution in [0.5, 0.6) is 17.2 Å². The largest absolute Gasteiger partial charge is 0.864 e. The van der Waals surface area contributed by atoms with Crippen LogP contribution in [0.4, 0.5) is 52.7 Å². The van der Waals surface area contributed by atoms with Gasteiger partial charge in [-0.2, -0.15) is 83.0 Å². The third kappa shape index (κ3) is 19.2. The first-order chi connectivity index (χ1) is 31.6. The van der Waals surface area contributed by atoms with Crippen LogP contribution in [0.1, 0.15) is 151 Å². The molecule has 0 heterocycles. The van der Waals surface area contributed by atoms with Crippen LogP contribution >= 0.6 is 0 Å². The van der Waals surface area contributed by atoms with E-state index in [2.05, 4.69) is 33.8 Å². The standard InChI is InChI=1S/C43H58BF9NO3.C7H4F3/c1-5-9-13-14-15-16-17-18-39(54(29-10-6-2,30-11-7-3)31-12-8-4)38-32-35(43(51,52)53)23-28-40(38)57-44(55-36-24-19-33(20-25-36)41(45,46)47)56-37-26-21-34(22-27-37)42(48,49)50;8-7(9,10)6-4-2-1-3-5-6/h19-28,32,39H,5-18,29-31H2,1-4H3;2-5H/q+1;-1. The molecule has 0 aromatic heterocycles. The summed E-state index contributed by atoms with van der Waals surface area (Å²) in [5.41, 5.74) is -3.09. The van der Waals surface area contributed by atoms with Crippen LogP contribution < -0.4 is 14.0 Å². The predicted octanol–water partition coefficient (Wildman–Crippen LogP) is 17.2. The van der Waals surface area contributed by atoms with E-state index in [4.69, 9.17) is 14.0 Å². The van der Waals surface area contributed by atoms with E-state index in [-0.39, 0.29) is 17.2 Å². The molecule has 0 N–H and O–H groups in total. The van der Waals surface area contributed by atoms with Crippen molar-refractivity contribution in [2.45, 2.75) is 148 Å². The first-order valence-electron chi connectivity index (χ1n) is 23.0. The molecule has 0 spiro atoms. The van der Waals surface area contributed by atoms with Crippen molar-refractivity contribution in [3.05, 3.63) is 125 Å². The molecule has 0 aliphatic carbocycles. The number of quaternary nitrogens is 1. The second-order valence-corrected chi connectivity index (χ2v) is 16.6. The van der Waals surface area contributed by atoms with Crippen molar-refractivity contribution < 1.29 is 71.1 Å². The maximum Gasteiger partial charge on any atom is 0.864 e. The topological polar surface area (TPSA) is 27.7 Å². The second-order valence-electron chi connectivity index (χ2n) is 16.6. The average Bonchev–Trinajstić information content (AvgIpc) is 3.27. The van der Waals surface area contributed by atoms with Crippen molar-refractivity contribution in [1.29, 1.82) is 0 Å². The molecule has 4 nitrogen and oxygen atoms in total. The summed E-state index contributed by atoms with van der Waals surface area (Å²) in [7, 11) is -1.82. The van der Waals surface area contributed by atoms with Gasteiger partial charge in [0, 0.05) is 6.42 Å². The molecule has 0 radical (unpaired) electrons. The highest BCUT2D eigenvalue weighted by Crippen LogP contribution is 2.44. The van der Waals surface area contributed by atoms with E-state index < -0.39 is 60.3 Å². The molecule has 4 rings (SSSR count). The van der Waals surface area contributed by atoms with E-state index in [1.165, 1.54) is 18.2 Å². The minimum atomic E-state index is -4.68. The Hall–Kier alpha value is -4.54. The van der Waals surface area contributed by atoms with Gasteiger partial charge in [-0.25, -0.2) is 0 Å². The molecular weight excluding hydrogens is 901 g/mol. The number of alkyl halides is 12. The summed E-state index contributed by atoms with van der Waals surface area (Å²) in [4.78, 5) is 0. The first kappa shape index (κ1) is 56.8. The van der Waals surface area contributed by atoms with Crippen LogP contribution in [0.2, 0.25) is 0 Å². The zero-order valence-electron chi connectivity index (χ0n) is 38.5. The molecule has 0 fully saturated rings. The predicted molar refractivity (Wildman–Crippen MR) is 237 cm³/mol. The van der Waals surface area contributed by atoms with Gasteiger partial charge in [-0.05, 0) is 92.4 Å². The van der Waals surface area contributed by atoms with Crippen LogP contribution in [-0.4, -0.2) is 31.4 Å². The van der Waals surface area contributed by atoms with Gasteiger partial charge in [-0.3, -0.25) is 0 Å². The number of benzene rings is 4. The van der Waals surface area contributed by atoms with Crippen LogP contribution in [0, 0.1) is 6.07 Å². The van der Waals surface area contributed by atoms with E-state index >= 15 is 0 Å². The van der Waals surface area contributed by atoms with Crippen molar-refractivity contribution >= 4 is 7.32 Å². The smallest absolute Gasteiger partial charge is 0.490 e. The van der Waals surface area contributed by atoms with Crippen molar-refractivity contribution in [3.63, 3.8) is 0 Å². The van der Waals surface area contributed by atoms with E-state index in [9.17, 15) is 52.7 Å². The third-order valence-corrected chi connectivity index (χ3v) is 11.4. The fraction of sp³-hybridized carbons (Fsp3) is 0.520. The number of rotatable bonds is 25. The zero-order chi connectivity index (χ0) is 49.7. The van der Waals surface area contributed by atoms with Gasteiger partial charge in [-0.15, -0.1) is 0 Å². The number of hydrogen-bond donors (Lipinski definition) is 0. The lowest BCUT2D eigenvalue weighted by molar-refractivity contribution is -0.958. The van der Waals surface area contributed by atoms with Gasteiger partial charge in [0.1, 0.15) is 23.3 Å².